The van der Waals surface area contributed by atoms with E-state index in [0.717, 1.165) is 13.0 Å². The number of rotatable bonds is 7. The molecule has 2 N–H and O–H groups in total. The number of benzene rings is 2. The third kappa shape index (κ3) is 4.78. The van der Waals surface area contributed by atoms with Gasteiger partial charge in [0, 0.05) is 13.1 Å². The maximum absolute atomic E-state index is 4.44. The summed E-state index contributed by atoms with van der Waals surface area (Å²) >= 11 is 0. The Bertz CT molecular complexity index is 756. The molecule has 0 aliphatic heterocycles. The fraction of sp³-hybridized carbons (Fsp3) is 0.211. The Morgan fingerprint density at radius 1 is 0.875 bits per heavy atom. The quantitative estimate of drug-likeness (QED) is 0.698. The summed E-state index contributed by atoms with van der Waals surface area (Å²) in [6.07, 6.45) is 2.56. The minimum atomic E-state index is 0.542. The zero-order valence-electron chi connectivity index (χ0n) is 13.7. The van der Waals surface area contributed by atoms with E-state index in [0.29, 0.717) is 18.3 Å². The van der Waals surface area contributed by atoms with Gasteiger partial charge in [-0.05, 0) is 24.5 Å². The number of nitrogens with zero attached hydrogens (tertiary/aromatic N) is 3. The van der Waals surface area contributed by atoms with Crippen molar-refractivity contribution in [2.75, 3.05) is 17.2 Å². The molecule has 0 aliphatic rings. The van der Waals surface area contributed by atoms with Gasteiger partial charge in [0.15, 0.2) is 5.82 Å². The van der Waals surface area contributed by atoms with Crippen molar-refractivity contribution in [3.8, 4) is 0 Å². The fourth-order valence-electron chi connectivity index (χ4n) is 2.33. The molecule has 5 heteroatoms. The SMILES string of the molecule is Cc1ccc(CNc2cnnc(NCCc3ccccc3)n2)cc1. The largest absolute Gasteiger partial charge is 0.365 e. The Kier molecular flexibility index (Phi) is 5.35. The van der Waals surface area contributed by atoms with E-state index in [1.807, 2.05) is 18.2 Å². The highest BCUT2D eigenvalue weighted by Crippen LogP contribution is 2.08. The molecule has 0 radical (unpaired) electrons. The van der Waals surface area contributed by atoms with Crippen molar-refractivity contribution in [1.29, 1.82) is 0 Å². The van der Waals surface area contributed by atoms with Crippen molar-refractivity contribution in [3.63, 3.8) is 0 Å². The number of hydrogen-bond donors (Lipinski definition) is 2. The maximum Gasteiger partial charge on any atom is 0.244 e. The molecule has 1 heterocycles. The van der Waals surface area contributed by atoms with Crippen molar-refractivity contribution < 1.29 is 0 Å². The highest BCUT2D eigenvalue weighted by molar-refractivity contribution is 5.38. The van der Waals surface area contributed by atoms with Crippen LogP contribution in [0.4, 0.5) is 11.8 Å². The third-order valence-electron chi connectivity index (χ3n) is 3.69. The number of anilines is 2. The van der Waals surface area contributed by atoms with Gasteiger partial charge in [0.2, 0.25) is 5.95 Å². The topological polar surface area (TPSA) is 62.7 Å². The molecule has 0 aliphatic carbocycles. The third-order valence-corrected chi connectivity index (χ3v) is 3.69. The molecule has 3 rings (SSSR count). The first-order valence-corrected chi connectivity index (χ1v) is 8.06. The van der Waals surface area contributed by atoms with Crippen LogP contribution in [-0.2, 0) is 13.0 Å². The molecule has 0 saturated heterocycles. The van der Waals surface area contributed by atoms with Crippen LogP contribution in [0.3, 0.4) is 0 Å². The Morgan fingerprint density at radius 2 is 1.67 bits per heavy atom. The maximum atomic E-state index is 4.44. The smallest absolute Gasteiger partial charge is 0.244 e. The van der Waals surface area contributed by atoms with Gasteiger partial charge in [-0.1, -0.05) is 60.2 Å². The molecular weight excluding hydrogens is 298 g/mol. The molecule has 2 aromatic carbocycles. The highest BCUT2D eigenvalue weighted by Gasteiger charge is 2.01. The van der Waals surface area contributed by atoms with E-state index in [-0.39, 0.29) is 0 Å². The number of aryl methyl sites for hydroxylation is 1. The van der Waals surface area contributed by atoms with E-state index < -0.39 is 0 Å². The Morgan fingerprint density at radius 3 is 2.46 bits per heavy atom. The van der Waals surface area contributed by atoms with Crippen molar-refractivity contribution in [2.24, 2.45) is 0 Å². The minimum Gasteiger partial charge on any atom is -0.365 e. The van der Waals surface area contributed by atoms with Crippen LogP contribution < -0.4 is 10.6 Å². The number of aromatic nitrogens is 3. The van der Waals surface area contributed by atoms with Gasteiger partial charge >= 0.3 is 0 Å². The van der Waals surface area contributed by atoms with E-state index in [1.165, 1.54) is 16.7 Å². The van der Waals surface area contributed by atoms with Crippen LogP contribution in [0.2, 0.25) is 0 Å². The van der Waals surface area contributed by atoms with Crippen LogP contribution >= 0.6 is 0 Å². The fourth-order valence-corrected chi connectivity index (χ4v) is 2.33. The van der Waals surface area contributed by atoms with E-state index in [2.05, 4.69) is 69.1 Å². The number of hydrogen-bond acceptors (Lipinski definition) is 5. The van der Waals surface area contributed by atoms with Crippen LogP contribution in [0.1, 0.15) is 16.7 Å². The predicted molar refractivity (Wildman–Crippen MR) is 97.0 cm³/mol. The van der Waals surface area contributed by atoms with Crippen LogP contribution in [0, 0.1) is 6.92 Å². The summed E-state index contributed by atoms with van der Waals surface area (Å²) in [5.74, 6) is 1.26. The molecular formula is C19H21N5. The van der Waals surface area contributed by atoms with Gasteiger partial charge in [-0.2, -0.15) is 10.1 Å². The Labute approximate surface area is 142 Å². The average Bonchev–Trinajstić information content (AvgIpc) is 2.63. The van der Waals surface area contributed by atoms with Gasteiger partial charge in [-0.3, -0.25) is 0 Å². The zero-order chi connectivity index (χ0) is 16.6. The lowest BCUT2D eigenvalue weighted by Crippen LogP contribution is -2.10. The van der Waals surface area contributed by atoms with Crippen molar-refractivity contribution in [2.45, 2.75) is 19.9 Å². The van der Waals surface area contributed by atoms with E-state index >= 15 is 0 Å². The van der Waals surface area contributed by atoms with Gasteiger partial charge in [0.25, 0.3) is 0 Å². The molecule has 0 bridgehead atoms. The lowest BCUT2D eigenvalue weighted by molar-refractivity contribution is 0.921. The molecule has 0 saturated carbocycles. The first kappa shape index (κ1) is 15.9. The predicted octanol–water partition coefficient (Wildman–Crippen LogP) is 3.45. The van der Waals surface area contributed by atoms with Crippen LogP contribution in [0.15, 0.2) is 60.8 Å². The second-order valence-electron chi connectivity index (χ2n) is 5.67. The first-order chi connectivity index (χ1) is 11.8. The Hall–Kier alpha value is -2.95. The summed E-state index contributed by atoms with van der Waals surface area (Å²) in [5, 5.41) is 14.5. The summed E-state index contributed by atoms with van der Waals surface area (Å²) < 4.78 is 0. The lowest BCUT2D eigenvalue weighted by Gasteiger charge is -2.08. The molecule has 122 valence electrons. The monoisotopic (exact) mass is 319 g/mol. The minimum absolute atomic E-state index is 0.542. The summed E-state index contributed by atoms with van der Waals surface area (Å²) in [7, 11) is 0. The van der Waals surface area contributed by atoms with Crippen molar-refractivity contribution in [3.05, 3.63) is 77.5 Å². The molecule has 0 amide bonds. The summed E-state index contributed by atoms with van der Waals surface area (Å²) in [5.41, 5.74) is 3.75. The molecule has 0 unspecified atom stereocenters. The number of nitrogens with one attached hydrogen (secondary N) is 2. The van der Waals surface area contributed by atoms with E-state index in [4.69, 9.17) is 0 Å². The van der Waals surface area contributed by atoms with Crippen LogP contribution in [0.25, 0.3) is 0 Å². The lowest BCUT2D eigenvalue weighted by atomic mass is 10.1. The van der Waals surface area contributed by atoms with E-state index in [1.54, 1.807) is 6.20 Å². The average molecular weight is 319 g/mol. The molecule has 5 nitrogen and oxygen atoms in total. The van der Waals surface area contributed by atoms with Crippen LogP contribution in [0.5, 0.6) is 0 Å². The van der Waals surface area contributed by atoms with E-state index in [9.17, 15) is 0 Å². The highest BCUT2D eigenvalue weighted by atomic mass is 15.3. The normalized spacial score (nSPS) is 10.4. The van der Waals surface area contributed by atoms with Gasteiger partial charge in [0.05, 0.1) is 6.20 Å². The van der Waals surface area contributed by atoms with Crippen molar-refractivity contribution in [1.82, 2.24) is 15.2 Å². The Balaban J connectivity index is 1.51. The second-order valence-corrected chi connectivity index (χ2v) is 5.67. The van der Waals surface area contributed by atoms with Gasteiger partial charge in [-0.25, -0.2) is 0 Å². The molecule has 3 aromatic rings. The van der Waals surface area contributed by atoms with Gasteiger partial charge < -0.3 is 10.6 Å². The van der Waals surface area contributed by atoms with Gasteiger partial charge in [-0.15, -0.1) is 5.10 Å². The second kappa shape index (κ2) is 8.06. The molecule has 24 heavy (non-hydrogen) atoms. The van der Waals surface area contributed by atoms with Crippen molar-refractivity contribution >= 4 is 11.8 Å². The van der Waals surface area contributed by atoms with Gasteiger partial charge in [0.1, 0.15) is 0 Å². The summed E-state index contributed by atoms with van der Waals surface area (Å²) in [6.45, 7) is 3.56. The first-order valence-electron chi connectivity index (χ1n) is 8.06. The summed E-state index contributed by atoms with van der Waals surface area (Å²) in [4.78, 5) is 4.44. The van der Waals surface area contributed by atoms with Crippen LogP contribution in [-0.4, -0.2) is 21.7 Å². The standard InChI is InChI=1S/C19H21N5/c1-15-7-9-17(10-8-15)13-21-18-14-22-24-19(23-18)20-12-11-16-5-3-2-4-6-16/h2-10,14H,11-13H2,1H3,(H2,20,21,23,24). The molecule has 1 aromatic heterocycles. The summed E-state index contributed by atoms with van der Waals surface area (Å²) in [6, 6.07) is 18.8. The zero-order valence-corrected chi connectivity index (χ0v) is 13.7. The molecule has 0 atom stereocenters. The molecule has 0 spiro atoms. The molecule has 0 fully saturated rings.